The molecule has 1 aromatic carbocycles. The molecule has 5 nitrogen and oxygen atoms in total. The third kappa shape index (κ3) is 5.76. The van der Waals surface area contributed by atoms with E-state index in [1.807, 2.05) is 19.1 Å². The predicted molar refractivity (Wildman–Crippen MR) is 103 cm³/mol. The number of hydrogen-bond acceptors (Lipinski definition) is 4. The van der Waals surface area contributed by atoms with Crippen molar-refractivity contribution in [1.82, 2.24) is 10.3 Å². The van der Waals surface area contributed by atoms with Crippen LogP contribution in [0.3, 0.4) is 0 Å². The average molecular weight is 356 g/mol. The third-order valence-corrected chi connectivity index (χ3v) is 4.23. The van der Waals surface area contributed by atoms with Crippen LogP contribution >= 0.6 is 0 Å². The first kappa shape index (κ1) is 19.8. The average Bonchev–Trinajstić information content (AvgIpc) is 2.68. The van der Waals surface area contributed by atoms with Crippen LogP contribution in [0.1, 0.15) is 61.5 Å². The number of unbranched alkanes of at least 4 members (excludes halogenated alkanes) is 3. The molecule has 1 amide bonds. The highest BCUT2D eigenvalue weighted by Crippen LogP contribution is 2.28. The second-order valence-electron chi connectivity index (χ2n) is 6.25. The summed E-state index contributed by atoms with van der Waals surface area (Å²) < 4.78 is 11.2. The normalized spacial score (nSPS) is 11.7. The molecule has 5 heteroatoms. The molecule has 0 aliphatic heterocycles. The SMILES string of the molecule is CCCCCCOc1ccc(C(=O)NC(C)c2ccncc2)cc1OC. The highest BCUT2D eigenvalue weighted by atomic mass is 16.5. The first-order chi connectivity index (χ1) is 12.7. The molecule has 0 aliphatic carbocycles. The maximum absolute atomic E-state index is 12.5. The van der Waals surface area contributed by atoms with E-state index >= 15 is 0 Å². The Labute approximate surface area is 155 Å². The number of benzene rings is 1. The molecule has 0 aliphatic rings. The summed E-state index contributed by atoms with van der Waals surface area (Å²) in [5, 5.41) is 2.99. The zero-order valence-electron chi connectivity index (χ0n) is 15.8. The van der Waals surface area contributed by atoms with E-state index in [1.165, 1.54) is 12.8 Å². The summed E-state index contributed by atoms with van der Waals surface area (Å²) in [6, 6.07) is 8.95. The van der Waals surface area contributed by atoms with Gasteiger partial charge < -0.3 is 14.8 Å². The van der Waals surface area contributed by atoms with Gasteiger partial charge in [0, 0.05) is 18.0 Å². The summed E-state index contributed by atoms with van der Waals surface area (Å²) in [5.41, 5.74) is 1.55. The van der Waals surface area contributed by atoms with E-state index in [1.54, 1.807) is 37.7 Å². The van der Waals surface area contributed by atoms with E-state index in [0.717, 1.165) is 18.4 Å². The van der Waals surface area contributed by atoms with Crippen LogP contribution < -0.4 is 14.8 Å². The molecule has 26 heavy (non-hydrogen) atoms. The van der Waals surface area contributed by atoms with Gasteiger partial charge in [0.15, 0.2) is 11.5 Å². The van der Waals surface area contributed by atoms with Crippen LogP contribution in [0.4, 0.5) is 0 Å². The zero-order chi connectivity index (χ0) is 18.8. The number of methoxy groups -OCH3 is 1. The van der Waals surface area contributed by atoms with Gasteiger partial charge in [0.1, 0.15) is 0 Å². The lowest BCUT2D eigenvalue weighted by molar-refractivity contribution is 0.0939. The fourth-order valence-electron chi connectivity index (χ4n) is 2.65. The van der Waals surface area contributed by atoms with Gasteiger partial charge in [-0.25, -0.2) is 0 Å². The Morgan fingerprint density at radius 1 is 1.12 bits per heavy atom. The van der Waals surface area contributed by atoms with E-state index in [2.05, 4.69) is 17.2 Å². The minimum atomic E-state index is -0.151. The van der Waals surface area contributed by atoms with Gasteiger partial charge in [0.25, 0.3) is 5.91 Å². The molecule has 0 saturated carbocycles. The largest absolute Gasteiger partial charge is 0.493 e. The number of aromatic nitrogens is 1. The molecule has 0 saturated heterocycles. The van der Waals surface area contributed by atoms with Crippen molar-refractivity contribution in [2.75, 3.05) is 13.7 Å². The summed E-state index contributed by atoms with van der Waals surface area (Å²) >= 11 is 0. The van der Waals surface area contributed by atoms with Crippen LogP contribution in [0, 0.1) is 0 Å². The summed E-state index contributed by atoms with van der Waals surface area (Å²) in [6.45, 7) is 4.78. The Bertz CT molecular complexity index is 689. The summed E-state index contributed by atoms with van der Waals surface area (Å²) in [7, 11) is 1.58. The van der Waals surface area contributed by atoms with Crippen molar-refractivity contribution in [3.8, 4) is 11.5 Å². The number of nitrogens with zero attached hydrogens (tertiary/aromatic N) is 1. The predicted octanol–water partition coefficient (Wildman–Crippen LogP) is 4.54. The number of pyridine rings is 1. The number of nitrogens with one attached hydrogen (secondary N) is 1. The van der Waals surface area contributed by atoms with Crippen LogP contribution in [-0.4, -0.2) is 24.6 Å². The van der Waals surface area contributed by atoms with Gasteiger partial charge in [0.2, 0.25) is 0 Å². The Hall–Kier alpha value is -2.56. The van der Waals surface area contributed by atoms with E-state index in [9.17, 15) is 4.79 Å². The summed E-state index contributed by atoms with van der Waals surface area (Å²) in [4.78, 5) is 16.5. The Balaban J connectivity index is 1.97. The van der Waals surface area contributed by atoms with E-state index < -0.39 is 0 Å². The molecule has 1 unspecified atom stereocenters. The molecular weight excluding hydrogens is 328 g/mol. The zero-order valence-corrected chi connectivity index (χ0v) is 15.8. The minimum Gasteiger partial charge on any atom is -0.493 e. The Morgan fingerprint density at radius 2 is 1.88 bits per heavy atom. The first-order valence-corrected chi connectivity index (χ1v) is 9.17. The lowest BCUT2D eigenvalue weighted by Crippen LogP contribution is -2.26. The van der Waals surface area contributed by atoms with Crippen LogP contribution in [-0.2, 0) is 0 Å². The van der Waals surface area contributed by atoms with E-state index in [0.29, 0.717) is 23.7 Å². The third-order valence-electron chi connectivity index (χ3n) is 4.23. The first-order valence-electron chi connectivity index (χ1n) is 9.17. The van der Waals surface area contributed by atoms with Crippen molar-refractivity contribution in [2.45, 2.75) is 45.6 Å². The van der Waals surface area contributed by atoms with Crippen molar-refractivity contribution < 1.29 is 14.3 Å². The molecule has 0 spiro atoms. The van der Waals surface area contributed by atoms with Gasteiger partial charge in [0.05, 0.1) is 19.8 Å². The Kier molecular flexibility index (Phi) is 7.93. The topological polar surface area (TPSA) is 60.5 Å². The highest BCUT2D eigenvalue weighted by molar-refractivity contribution is 5.95. The van der Waals surface area contributed by atoms with Gasteiger partial charge in [-0.05, 0) is 49.2 Å². The van der Waals surface area contributed by atoms with Crippen LogP contribution in [0.5, 0.6) is 11.5 Å². The van der Waals surface area contributed by atoms with Gasteiger partial charge in [-0.15, -0.1) is 0 Å². The molecule has 2 aromatic rings. The van der Waals surface area contributed by atoms with Gasteiger partial charge >= 0.3 is 0 Å². The smallest absolute Gasteiger partial charge is 0.251 e. The maximum Gasteiger partial charge on any atom is 0.251 e. The standard InChI is InChI=1S/C21H28N2O3/c1-4-5-6-7-14-26-19-9-8-18(15-20(19)25-3)21(24)23-16(2)17-10-12-22-13-11-17/h8-13,15-16H,4-7,14H2,1-3H3,(H,23,24). The molecule has 1 N–H and O–H groups in total. The Morgan fingerprint density at radius 3 is 2.58 bits per heavy atom. The molecule has 1 aromatic heterocycles. The second kappa shape index (κ2) is 10.4. The molecule has 0 radical (unpaired) electrons. The minimum absolute atomic E-state index is 0.106. The quantitative estimate of drug-likeness (QED) is 0.635. The van der Waals surface area contributed by atoms with Crippen LogP contribution in [0.25, 0.3) is 0 Å². The lowest BCUT2D eigenvalue weighted by atomic mass is 10.1. The van der Waals surface area contributed by atoms with Crippen molar-refractivity contribution in [3.63, 3.8) is 0 Å². The molecule has 1 heterocycles. The number of rotatable bonds is 10. The van der Waals surface area contributed by atoms with Crippen molar-refractivity contribution >= 4 is 5.91 Å². The van der Waals surface area contributed by atoms with Crippen molar-refractivity contribution in [2.24, 2.45) is 0 Å². The fourth-order valence-corrected chi connectivity index (χ4v) is 2.65. The van der Waals surface area contributed by atoms with E-state index in [-0.39, 0.29) is 11.9 Å². The molecule has 1 atom stereocenters. The molecular formula is C21H28N2O3. The number of carbonyl (C=O) groups is 1. The van der Waals surface area contributed by atoms with Crippen molar-refractivity contribution in [1.29, 1.82) is 0 Å². The lowest BCUT2D eigenvalue weighted by Gasteiger charge is -2.15. The molecule has 2 rings (SSSR count). The van der Waals surface area contributed by atoms with Crippen LogP contribution in [0.2, 0.25) is 0 Å². The number of ether oxygens (including phenoxy) is 2. The fraction of sp³-hybridized carbons (Fsp3) is 0.429. The van der Waals surface area contributed by atoms with Crippen LogP contribution in [0.15, 0.2) is 42.7 Å². The number of hydrogen-bond donors (Lipinski definition) is 1. The number of carbonyl (C=O) groups excluding carboxylic acids is 1. The van der Waals surface area contributed by atoms with Gasteiger partial charge in [-0.3, -0.25) is 9.78 Å². The number of amides is 1. The summed E-state index contributed by atoms with van der Waals surface area (Å²) in [5.74, 6) is 1.09. The highest BCUT2D eigenvalue weighted by Gasteiger charge is 2.14. The molecule has 0 fully saturated rings. The van der Waals surface area contributed by atoms with Gasteiger partial charge in [-0.2, -0.15) is 0 Å². The maximum atomic E-state index is 12.5. The second-order valence-corrected chi connectivity index (χ2v) is 6.25. The summed E-state index contributed by atoms with van der Waals surface area (Å²) in [6.07, 6.45) is 8.02. The monoisotopic (exact) mass is 356 g/mol. The van der Waals surface area contributed by atoms with Crippen molar-refractivity contribution in [3.05, 3.63) is 53.9 Å². The van der Waals surface area contributed by atoms with E-state index in [4.69, 9.17) is 9.47 Å². The van der Waals surface area contributed by atoms with Gasteiger partial charge in [-0.1, -0.05) is 26.2 Å². The molecule has 0 bridgehead atoms. The molecule has 140 valence electrons.